The number of nitrogens with two attached hydrogens (primary N) is 1. The fraction of sp³-hybridized carbons (Fsp3) is 0.333. The number of benzene rings is 1. The van der Waals surface area contributed by atoms with Crippen LogP contribution in [0.3, 0.4) is 0 Å². The second-order valence-corrected chi connectivity index (χ2v) is 5.38. The molecule has 24 heavy (non-hydrogen) atoms. The predicted octanol–water partition coefficient (Wildman–Crippen LogP) is 3.24. The number of halogens is 1. The minimum atomic E-state index is 0. The number of hydrogen-bond acceptors (Lipinski definition) is 2. The first-order chi connectivity index (χ1) is 11.2. The van der Waals surface area contributed by atoms with Crippen molar-refractivity contribution in [3.63, 3.8) is 0 Å². The Bertz CT molecular complexity index is 695. The van der Waals surface area contributed by atoms with Crippen molar-refractivity contribution in [3.8, 4) is 0 Å². The van der Waals surface area contributed by atoms with Crippen molar-refractivity contribution in [1.29, 1.82) is 0 Å². The van der Waals surface area contributed by atoms with Crippen LogP contribution in [-0.4, -0.2) is 17.1 Å². The second-order valence-electron chi connectivity index (χ2n) is 5.38. The lowest BCUT2D eigenvalue weighted by molar-refractivity contribution is 0.599. The highest BCUT2D eigenvalue weighted by atomic mass is 127. The number of unbranched alkanes of at least 4 members (excludes halogenated alkanes) is 1. The smallest absolute Gasteiger partial charge is 0.250 e. The topological polar surface area (TPSA) is 72.4 Å². The van der Waals surface area contributed by atoms with Crippen LogP contribution in [0.5, 0.6) is 0 Å². The normalized spacial score (nSPS) is 11.0. The molecular formula is C18H25IN4O. The summed E-state index contributed by atoms with van der Waals surface area (Å²) in [5.74, 6) is 0.422. The molecule has 0 spiro atoms. The summed E-state index contributed by atoms with van der Waals surface area (Å²) in [6, 6.07) is 13.4. The molecule has 1 aromatic carbocycles. The molecule has 2 rings (SSSR count). The number of aliphatic imine (C=N–C) groups is 1. The third kappa shape index (κ3) is 6.74. The van der Waals surface area contributed by atoms with E-state index in [1.165, 1.54) is 5.56 Å². The quantitative estimate of drug-likeness (QED) is 0.301. The molecule has 0 aliphatic rings. The van der Waals surface area contributed by atoms with Crippen LogP contribution in [0.1, 0.15) is 25.3 Å². The third-order valence-corrected chi connectivity index (χ3v) is 3.62. The Morgan fingerprint density at radius 2 is 1.92 bits per heavy atom. The average Bonchev–Trinajstić information content (AvgIpc) is 2.57. The molecule has 0 unspecified atom stereocenters. The highest BCUT2D eigenvalue weighted by Crippen LogP contribution is 2.09. The Morgan fingerprint density at radius 1 is 1.17 bits per heavy atom. The second kappa shape index (κ2) is 10.9. The highest BCUT2D eigenvalue weighted by Gasteiger charge is 1.97. The van der Waals surface area contributed by atoms with Crippen LogP contribution < -0.4 is 16.6 Å². The van der Waals surface area contributed by atoms with Gasteiger partial charge in [-0.2, -0.15) is 0 Å². The van der Waals surface area contributed by atoms with Gasteiger partial charge in [0.2, 0.25) is 5.56 Å². The lowest BCUT2D eigenvalue weighted by atomic mass is 10.1. The molecule has 0 amide bonds. The molecule has 0 aliphatic heterocycles. The number of pyridine rings is 1. The molecule has 130 valence electrons. The van der Waals surface area contributed by atoms with Gasteiger partial charge in [-0.05, 0) is 43.0 Å². The Hall–Kier alpha value is -1.83. The molecule has 0 aliphatic carbocycles. The number of aromatic nitrogens is 1. The summed E-state index contributed by atoms with van der Waals surface area (Å²) in [4.78, 5) is 15.9. The van der Waals surface area contributed by atoms with E-state index in [1.807, 2.05) is 24.4 Å². The number of hydrogen-bond donors (Lipinski definition) is 2. The molecule has 0 saturated carbocycles. The van der Waals surface area contributed by atoms with Gasteiger partial charge in [-0.1, -0.05) is 25.1 Å². The number of anilines is 1. The maximum absolute atomic E-state index is 11.5. The molecule has 2 aromatic rings. The molecular weight excluding hydrogens is 415 g/mol. The van der Waals surface area contributed by atoms with Crippen LogP contribution >= 0.6 is 24.0 Å². The first kappa shape index (κ1) is 20.2. The SMILES string of the molecule is CCc1ccc(NC(N)=NCCCCn2ccccc2=O)cc1.I. The van der Waals surface area contributed by atoms with E-state index >= 15 is 0 Å². The zero-order valence-corrected chi connectivity index (χ0v) is 16.3. The van der Waals surface area contributed by atoms with Crippen molar-refractivity contribution in [2.24, 2.45) is 10.7 Å². The fourth-order valence-corrected chi connectivity index (χ4v) is 2.25. The number of aryl methyl sites for hydroxylation is 2. The lowest BCUT2D eigenvalue weighted by Crippen LogP contribution is -2.23. The van der Waals surface area contributed by atoms with Gasteiger partial charge in [0.1, 0.15) is 0 Å². The average molecular weight is 440 g/mol. The van der Waals surface area contributed by atoms with Gasteiger partial charge >= 0.3 is 0 Å². The first-order valence-electron chi connectivity index (χ1n) is 8.00. The molecule has 1 heterocycles. The molecule has 0 atom stereocenters. The van der Waals surface area contributed by atoms with E-state index in [0.29, 0.717) is 19.0 Å². The Labute approximate surface area is 160 Å². The minimum Gasteiger partial charge on any atom is -0.370 e. The number of nitrogens with zero attached hydrogens (tertiary/aromatic N) is 2. The van der Waals surface area contributed by atoms with Crippen LogP contribution in [-0.2, 0) is 13.0 Å². The summed E-state index contributed by atoms with van der Waals surface area (Å²) in [6.45, 7) is 3.48. The van der Waals surface area contributed by atoms with Gasteiger partial charge in [0.25, 0.3) is 0 Å². The summed E-state index contributed by atoms with van der Waals surface area (Å²) in [5.41, 5.74) is 8.15. The van der Waals surface area contributed by atoms with Gasteiger partial charge in [0, 0.05) is 31.0 Å². The number of nitrogens with one attached hydrogen (secondary N) is 1. The van der Waals surface area contributed by atoms with E-state index in [-0.39, 0.29) is 29.5 Å². The number of guanidine groups is 1. The number of rotatable bonds is 7. The molecule has 0 saturated heterocycles. The van der Waals surface area contributed by atoms with Crippen molar-refractivity contribution < 1.29 is 0 Å². The van der Waals surface area contributed by atoms with Gasteiger partial charge in [-0.25, -0.2) is 0 Å². The Balaban J connectivity index is 0.00000288. The predicted molar refractivity (Wildman–Crippen MR) is 111 cm³/mol. The molecule has 6 heteroatoms. The summed E-state index contributed by atoms with van der Waals surface area (Å²) in [5, 5.41) is 3.08. The van der Waals surface area contributed by atoms with E-state index in [4.69, 9.17) is 5.73 Å². The van der Waals surface area contributed by atoms with Crippen LogP contribution in [0, 0.1) is 0 Å². The maximum atomic E-state index is 11.5. The van der Waals surface area contributed by atoms with Crippen molar-refractivity contribution >= 4 is 35.6 Å². The van der Waals surface area contributed by atoms with Crippen LogP contribution in [0.15, 0.2) is 58.4 Å². The van der Waals surface area contributed by atoms with Gasteiger partial charge in [-0.3, -0.25) is 9.79 Å². The van der Waals surface area contributed by atoms with Gasteiger partial charge in [-0.15, -0.1) is 24.0 Å². The minimum absolute atomic E-state index is 0. The zero-order valence-electron chi connectivity index (χ0n) is 13.9. The molecule has 3 N–H and O–H groups in total. The van der Waals surface area contributed by atoms with Gasteiger partial charge in [0.05, 0.1) is 0 Å². The summed E-state index contributed by atoms with van der Waals surface area (Å²) in [7, 11) is 0. The first-order valence-corrected chi connectivity index (χ1v) is 8.00. The third-order valence-electron chi connectivity index (χ3n) is 3.62. The van der Waals surface area contributed by atoms with Crippen LogP contribution in [0.2, 0.25) is 0 Å². The standard InChI is InChI=1S/C18H24N4O.HI/c1-2-15-8-10-16(11-9-15)21-18(19)20-12-4-6-14-22-13-5-3-7-17(22)23;/h3,5,7-11,13H,2,4,6,12,14H2,1H3,(H3,19,20,21);1H. The van der Waals surface area contributed by atoms with E-state index in [2.05, 4.69) is 29.4 Å². The summed E-state index contributed by atoms with van der Waals surface area (Å²) >= 11 is 0. The fourth-order valence-electron chi connectivity index (χ4n) is 2.25. The molecule has 0 fully saturated rings. The summed E-state index contributed by atoms with van der Waals surface area (Å²) in [6.07, 6.45) is 4.61. The van der Waals surface area contributed by atoms with Crippen molar-refractivity contribution in [2.75, 3.05) is 11.9 Å². The van der Waals surface area contributed by atoms with Crippen LogP contribution in [0.4, 0.5) is 5.69 Å². The largest absolute Gasteiger partial charge is 0.370 e. The zero-order chi connectivity index (χ0) is 16.5. The Morgan fingerprint density at radius 3 is 2.58 bits per heavy atom. The maximum Gasteiger partial charge on any atom is 0.250 e. The molecule has 0 bridgehead atoms. The van der Waals surface area contributed by atoms with Crippen molar-refractivity contribution in [2.45, 2.75) is 32.7 Å². The van der Waals surface area contributed by atoms with Crippen molar-refractivity contribution in [1.82, 2.24) is 4.57 Å². The molecule has 1 aromatic heterocycles. The molecule has 0 radical (unpaired) electrons. The van der Waals surface area contributed by atoms with Crippen LogP contribution in [0.25, 0.3) is 0 Å². The highest BCUT2D eigenvalue weighted by molar-refractivity contribution is 14.0. The van der Waals surface area contributed by atoms with Gasteiger partial charge in [0.15, 0.2) is 5.96 Å². The monoisotopic (exact) mass is 440 g/mol. The molecule has 5 nitrogen and oxygen atoms in total. The summed E-state index contributed by atoms with van der Waals surface area (Å²) < 4.78 is 1.71. The lowest BCUT2D eigenvalue weighted by Gasteiger charge is -2.07. The van der Waals surface area contributed by atoms with E-state index < -0.39 is 0 Å². The van der Waals surface area contributed by atoms with E-state index in [0.717, 1.165) is 24.9 Å². The Kier molecular flexibility index (Phi) is 9.14. The van der Waals surface area contributed by atoms with E-state index in [1.54, 1.807) is 16.7 Å². The van der Waals surface area contributed by atoms with Crippen molar-refractivity contribution in [3.05, 3.63) is 64.6 Å². The van der Waals surface area contributed by atoms with E-state index in [9.17, 15) is 4.79 Å². The van der Waals surface area contributed by atoms with Gasteiger partial charge < -0.3 is 15.6 Å².